The molecule has 2 rings (SSSR count). The smallest absolute Gasteiger partial charge is 0.236 e. The molecule has 0 aromatic heterocycles. The van der Waals surface area contributed by atoms with Crippen LogP contribution in [0.4, 0.5) is 0 Å². The van der Waals surface area contributed by atoms with Crippen molar-refractivity contribution in [2.24, 2.45) is 0 Å². The SMILES string of the molecule is COc1cccc(C2CC(=O)NN2CCO)c1. The van der Waals surface area contributed by atoms with E-state index in [0.717, 1.165) is 11.3 Å². The highest BCUT2D eigenvalue weighted by Crippen LogP contribution is 2.29. The van der Waals surface area contributed by atoms with Crippen LogP contribution in [0.1, 0.15) is 18.0 Å². The van der Waals surface area contributed by atoms with Gasteiger partial charge in [0.15, 0.2) is 0 Å². The van der Waals surface area contributed by atoms with Gasteiger partial charge in [-0.05, 0) is 17.7 Å². The zero-order valence-electron chi connectivity index (χ0n) is 9.72. The molecule has 1 fully saturated rings. The summed E-state index contributed by atoms with van der Waals surface area (Å²) in [5.74, 6) is 0.747. The van der Waals surface area contributed by atoms with E-state index in [1.807, 2.05) is 24.3 Å². The van der Waals surface area contributed by atoms with Crippen LogP contribution in [-0.2, 0) is 4.79 Å². The van der Waals surface area contributed by atoms with Gasteiger partial charge in [0.25, 0.3) is 0 Å². The molecule has 5 heteroatoms. The predicted octanol–water partition coefficient (Wildman–Crippen LogP) is 0.465. The summed E-state index contributed by atoms with van der Waals surface area (Å²) in [6.07, 6.45) is 0.410. The summed E-state index contributed by atoms with van der Waals surface area (Å²) in [6.45, 7) is 0.439. The Hall–Kier alpha value is -1.59. The number of β-amino-alcohol motifs (C(OH)–C–C–N with tert-alkyl or cyclic N) is 1. The molecule has 1 aromatic carbocycles. The molecule has 0 spiro atoms. The molecule has 1 amide bonds. The fourth-order valence-corrected chi connectivity index (χ4v) is 2.04. The number of hydrogen-bond acceptors (Lipinski definition) is 4. The number of hydrazine groups is 1. The second kappa shape index (κ2) is 5.16. The third-order valence-electron chi connectivity index (χ3n) is 2.84. The lowest BCUT2D eigenvalue weighted by atomic mass is 10.0. The molecule has 1 aliphatic heterocycles. The lowest BCUT2D eigenvalue weighted by Gasteiger charge is -2.22. The molecule has 1 heterocycles. The van der Waals surface area contributed by atoms with Gasteiger partial charge in [-0.1, -0.05) is 12.1 Å². The Bertz CT molecular complexity index is 408. The number of aliphatic hydroxyl groups excluding tert-OH is 1. The van der Waals surface area contributed by atoms with E-state index in [0.29, 0.717) is 13.0 Å². The molecule has 0 saturated carbocycles. The van der Waals surface area contributed by atoms with Crippen LogP contribution in [0.3, 0.4) is 0 Å². The summed E-state index contributed by atoms with van der Waals surface area (Å²) in [7, 11) is 1.61. The van der Waals surface area contributed by atoms with Crippen molar-refractivity contribution in [3.63, 3.8) is 0 Å². The van der Waals surface area contributed by atoms with Crippen LogP contribution in [0.15, 0.2) is 24.3 Å². The number of carbonyl (C=O) groups is 1. The van der Waals surface area contributed by atoms with Gasteiger partial charge in [-0.2, -0.15) is 0 Å². The Morgan fingerprint density at radius 1 is 1.59 bits per heavy atom. The molecule has 0 aliphatic carbocycles. The minimum atomic E-state index is -0.0373. The molecule has 1 saturated heterocycles. The van der Waals surface area contributed by atoms with Crippen molar-refractivity contribution in [2.45, 2.75) is 12.5 Å². The topological polar surface area (TPSA) is 61.8 Å². The monoisotopic (exact) mass is 236 g/mol. The molecule has 92 valence electrons. The lowest BCUT2D eigenvalue weighted by Crippen LogP contribution is -2.36. The van der Waals surface area contributed by atoms with Gasteiger partial charge in [-0.15, -0.1) is 0 Å². The summed E-state index contributed by atoms with van der Waals surface area (Å²) in [5, 5.41) is 10.7. The average Bonchev–Trinajstić information content (AvgIpc) is 2.71. The summed E-state index contributed by atoms with van der Waals surface area (Å²) in [6, 6.07) is 7.59. The van der Waals surface area contributed by atoms with E-state index in [2.05, 4.69) is 5.43 Å². The number of hydrogen-bond donors (Lipinski definition) is 2. The first-order valence-corrected chi connectivity index (χ1v) is 5.55. The second-order valence-corrected chi connectivity index (χ2v) is 3.95. The lowest BCUT2D eigenvalue weighted by molar-refractivity contribution is -0.121. The molecule has 2 N–H and O–H groups in total. The van der Waals surface area contributed by atoms with Gasteiger partial charge in [0.2, 0.25) is 5.91 Å². The molecule has 5 nitrogen and oxygen atoms in total. The van der Waals surface area contributed by atoms with E-state index in [4.69, 9.17) is 9.84 Å². The van der Waals surface area contributed by atoms with Crippen LogP contribution in [-0.4, -0.2) is 36.3 Å². The highest BCUT2D eigenvalue weighted by molar-refractivity contribution is 5.78. The molecule has 17 heavy (non-hydrogen) atoms. The van der Waals surface area contributed by atoms with Crippen molar-refractivity contribution in [3.05, 3.63) is 29.8 Å². The number of amides is 1. The Balaban J connectivity index is 2.21. The normalized spacial score (nSPS) is 20.4. The zero-order valence-corrected chi connectivity index (χ0v) is 9.72. The largest absolute Gasteiger partial charge is 0.497 e. The van der Waals surface area contributed by atoms with Gasteiger partial charge in [0.05, 0.1) is 19.8 Å². The van der Waals surface area contributed by atoms with E-state index in [-0.39, 0.29) is 18.6 Å². The Morgan fingerprint density at radius 3 is 3.12 bits per heavy atom. The Labute approximate surface area is 100.0 Å². The fraction of sp³-hybridized carbons (Fsp3) is 0.417. The van der Waals surface area contributed by atoms with Crippen molar-refractivity contribution >= 4 is 5.91 Å². The first kappa shape index (κ1) is 11.9. The minimum absolute atomic E-state index is 0.0146. The minimum Gasteiger partial charge on any atom is -0.497 e. The van der Waals surface area contributed by atoms with Gasteiger partial charge in [-0.25, -0.2) is 5.01 Å². The van der Waals surface area contributed by atoms with E-state index in [1.165, 1.54) is 0 Å². The molecular formula is C12H16N2O3. The van der Waals surface area contributed by atoms with Crippen LogP contribution in [0.2, 0.25) is 0 Å². The van der Waals surface area contributed by atoms with Crippen LogP contribution >= 0.6 is 0 Å². The van der Waals surface area contributed by atoms with Crippen molar-refractivity contribution in [1.82, 2.24) is 10.4 Å². The van der Waals surface area contributed by atoms with Crippen LogP contribution in [0.5, 0.6) is 5.75 Å². The van der Waals surface area contributed by atoms with Gasteiger partial charge in [-0.3, -0.25) is 10.2 Å². The van der Waals surface area contributed by atoms with Crippen molar-refractivity contribution in [1.29, 1.82) is 0 Å². The number of benzene rings is 1. The highest BCUT2D eigenvalue weighted by Gasteiger charge is 2.30. The van der Waals surface area contributed by atoms with Crippen LogP contribution in [0.25, 0.3) is 0 Å². The van der Waals surface area contributed by atoms with E-state index in [9.17, 15) is 4.79 Å². The van der Waals surface area contributed by atoms with E-state index >= 15 is 0 Å². The first-order valence-electron chi connectivity index (χ1n) is 5.55. The first-order chi connectivity index (χ1) is 8.24. The number of aliphatic hydroxyl groups is 1. The highest BCUT2D eigenvalue weighted by atomic mass is 16.5. The van der Waals surface area contributed by atoms with Gasteiger partial charge in [0, 0.05) is 13.0 Å². The Morgan fingerprint density at radius 2 is 2.41 bits per heavy atom. The van der Waals surface area contributed by atoms with Crippen LogP contribution in [0, 0.1) is 0 Å². The second-order valence-electron chi connectivity index (χ2n) is 3.95. The molecule has 1 aliphatic rings. The van der Waals surface area contributed by atoms with E-state index < -0.39 is 0 Å². The maximum absolute atomic E-state index is 11.4. The van der Waals surface area contributed by atoms with Gasteiger partial charge in [0.1, 0.15) is 5.75 Å². The maximum atomic E-state index is 11.4. The Kier molecular flexibility index (Phi) is 3.61. The molecule has 1 unspecified atom stereocenters. The van der Waals surface area contributed by atoms with Crippen molar-refractivity contribution < 1.29 is 14.6 Å². The third-order valence-corrected chi connectivity index (χ3v) is 2.84. The number of ether oxygens (including phenoxy) is 1. The van der Waals surface area contributed by atoms with Crippen molar-refractivity contribution in [2.75, 3.05) is 20.3 Å². The summed E-state index contributed by atoms with van der Waals surface area (Å²) in [5.41, 5.74) is 3.74. The standard InChI is InChI=1S/C12H16N2O3/c1-17-10-4-2-3-9(7-10)11-8-12(16)13-14(11)5-6-15/h2-4,7,11,15H,5-6,8H2,1H3,(H,13,16). The van der Waals surface area contributed by atoms with E-state index in [1.54, 1.807) is 12.1 Å². The number of carbonyl (C=O) groups excluding carboxylic acids is 1. The maximum Gasteiger partial charge on any atom is 0.236 e. The van der Waals surface area contributed by atoms with Gasteiger partial charge >= 0.3 is 0 Å². The third kappa shape index (κ3) is 2.57. The molecule has 1 aromatic rings. The number of rotatable bonds is 4. The molecule has 0 radical (unpaired) electrons. The van der Waals surface area contributed by atoms with Gasteiger partial charge < -0.3 is 9.84 Å². The summed E-state index contributed by atoms with van der Waals surface area (Å²) < 4.78 is 5.16. The fourth-order valence-electron chi connectivity index (χ4n) is 2.04. The quantitative estimate of drug-likeness (QED) is 0.797. The molecular weight excluding hydrogens is 220 g/mol. The number of nitrogens with zero attached hydrogens (tertiary/aromatic N) is 1. The molecule has 0 bridgehead atoms. The number of nitrogens with one attached hydrogen (secondary N) is 1. The number of methoxy groups -OCH3 is 1. The average molecular weight is 236 g/mol. The summed E-state index contributed by atoms with van der Waals surface area (Å²) in [4.78, 5) is 11.4. The zero-order chi connectivity index (χ0) is 12.3. The van der Waals surface area contributed by atoms with Crippen LogP contribution < -0.4 is 10.2 Å². The van der Waals surface area contributed by atoms with Crippen molar-refractivity contribution in [3.8, 4) is 5.75 Å². The molecule has 1 atom stereocenters. The predicted molar refractivity (Wildman–Crippen MR) is 62.3 cm³/mol. The summed E-state index contributed by atoms with van der Waals surface area (Å²) >= 11 is 0.